The molecule has 1 rings (SSSR count). The summed E-state index contributed by atoms with van der Waals surface area (Å²) in [5.74, 6) is -0.818. The van der Waals surface area contributed by atoms with Crippen molar-refractivity contribution in [2.45, 2.75) is 12.2 Å². The van der Waals surface area contributed by atoms with Crippen LogP contribution in [-0.2, 0) is 9.84 Å². The first-order valence-corrected chi connectivity index (χ1v) is 7.14. The van der Waals surface area contributed by atoms with E-state index in [0.717, 1.165) is 0 Å². The second kappa shape index (κ2) is 5.62. The number of Topliss-reactive ketones (excluding diaryl/α,β-unsaturated/α-hetero) is 1. The molecule has 1 aromatic carbocycles. The fourth-order valence-corrected chi connectivity index (χ4v) is 2.67. The topological polar surface area (TPSA) is 71.4 Å². The number of halogens is 1. The van der Waals surface area contributed by atoms with Crippen LogP contribution in [0.3, 0.4) is 0 Å². The molecule has 0 unspecified atom stereocenters. The van der Waals surface area contributed by atoms with E-state index in [9.17, 15) is 13.2 Å². The highest BCUT2D eigenvalue weighted by Gasteiger charge is 2.31. The van der Waals surface area contributed by atoms with Gasteiger partial charge < -0.3 is 5.11 Å². The van der Waals surface area contributed by atoms with Gasteiger partial charge in [0.05, 0.1) is 6.61 Å². The second-order valence-electron chi connectivity index (χ2n) is 3.50. The molecule has 6 heteroatoms. The molecule has 17 heavy (non-hydrogen) atoms. The minimum atomic E-state index is -3.61. The quantitative estimate of drug-likeness (QED) is 0.824. The average Bonchev–Trinajstić information content (AvgIpc) is 2.29. The Bertz CT molecular complexity index is 510. The summed E-state index contributed by atoms with van der Waals surface area (Å²) in [5, 5.41) is 8.00. The summed E-state index contributed by atoms with van der Waals surface area (Å²) >= 11 is 5.72. The highest BCUT2D eigenvalue weighted by atomic mass is 35.5. The van der Waals surface area contributed by atoms with Gasteiger partial charge in [0.1, 0.15) is 5.25 Å². The van der Waals surface area contributed by atoms with Gasteiger partial charge in [0.15, 0.2) is 15.6 Å². The Labute approximate surface area is 105 Å². The summed E-state index contributed by atoms with van der Waals surface area (Å²) in [6.45, 7) is 0.713. The molecule has 0 aliphatic rings. The summed E-state index contributed by atoms with van der Waals surface area (Å²) in [7, 11) is -3.61. The van der Waals surface area contributed by atoms with Gasteiger partial charge in [-0.1, -0.05) is 30.7 Å². The second-order valence-corrected chi connectivity index (χ2v) is 6.41. The standard InChI is InChI=1S/C11H13ClO4S/c1-2-17(15,16)10(7-13)11(14)8-4-3-5-9(12)6-8/h3-6,10,13H,2,7H2,1H3/t10-/m0/s1. The summed E-state index contributed by atoms with van der Waals surface area (Å²) in [4.78, 5) is 11.9. The zero-order valence-corrected chi connectivity index (χ0v) is 10.8. The summed E-state index contributed by atoms with van der Waals surface area (Å²) in [6.07, 6.45) is 0. The van der Waals surface area contributed by atoms with Crippen molar-refractivity contribution in [3.8, 4) is 0 Å². The van der Waals surface area contributed by atoms with E-state index in [1.807, 2.05) is 0 Å². The van der Waals surface area contributed by atoms with Crippen molar-refractivity contribution in [3.05, 3.63) is 34.9 Å². The van der Waals surface area contributed by atoms with Crippen molar-refractivity contribution in [3.63, 3.8) is 0 Å². The fraction of sp³-hybridized carbons (Fsp3) is 0.364. The SMILES string of the molecule is CCS(=O)(=O)[C@@H](CO)C(=O)c1cccc(Cl)c1. The number of aliphatic hydroxyl groups excluding tert-OH is 1. The van der Waals surface area contributed by atoms with Crippen LogP contribution in [0.1, 0.15) is 17.3 Å². The van der Waals surface area contributed by atoms with Gasteiger partial charge in [-0.25, -0.2) is 8.42 Å². The van der Waals surface area contributed by atoms with Crippen molar-refractivity contribution in [2.75, 3.05) is 12.4 Å². The molecule has 0 saturated carbocycles. The molecule has 0 spiro atoms. The maximum atomic E-state index is 11.9. The Kier molecular flexibility index (Phi) is 4.68. The number of carbonyl (C=O) groups excluding carboxylic acids is 1. The van der Waals surface area contributed by atoms with Gasteiger partial charge in [-0.15, -0.1) is 0 Å². The Morgan fingerprint density at radius 2 is 2.12 bits per heavy atom. The van der Waals surface area contributed by atoms with E-state index in [2.05, 4.69) is 0 Å². The summed E-state index contributed by atoms with van der Waals surface area (Å²) in [6, 6.07) is 6.00. The van der Waals surface area contributed by atoms with E-state index in [1.165, 1.54) is 19.1 Å². The lowest BCUT2D eigenvalue weighted by molar-refractivity contribution is 0.0961. The molecule has 0 fully saturated rings. The van der Waals surface area contributed by atoms with Gasteiger partial charge in [0, 0.05) is 16.3 Å². The van der Waals surface area contributed by atoms with Crippen molar-refractivity contribution < 1.29 is 18.3 Å². The maximum Gasteiger partial charge on any atom is 0.183 e. The number of benzene rings is 1. The first-order valence-electron chi connectivity index (χ1n) is 5.04. The molecule has 0 amide bonds. The largest absolute Gasteiger partial charge is 0.395 e. The van der Waals surface area contributed by atoms with Gasteiger partial charge in [-0.3, -0.25) is 4.79 Å². The third-order valence-electron chi connectivity index (χ3n) is 2.40. The molecule has 1 atom stereocenters. The Hall–Kier alpha value is -0.910. The van der Waals surface area contributed by atoms with Crippen LogP contribution in [0.25, 0.3) is 0 Å². The summed E-state index contributed by atoms with van der Waals surface area (Å²) in [5.41, 5.74) is 0.188. The molecule has 0 heterocycles. The monoisotopic (exact) mass is 276 g/mol. The number of carbonyl (C=O) groups is 1. The van der Waals surface area contributed by atoms with E-state index < -0.39 is 27.5 Å². The fourth-order valence-electron chi connectivity index (χ4n) is 1.39. The van der Waals surface area contributed by atoms with E-state index in [4.69, 9.17) is 16.7 Å². The zero-order chi connectivity index (χ0) is 13.1. The van der Waals surface area contributed by atoms with E-state index in [-0.39, 0.29) is 11.3 Å². The molecule has 0 aromatic heterocycles. The molecule has 1 aromatic rings. The molecule has 0 bridgehead atoms. The molecular formula is C11H13ClO4S. The van der Waals surface area contributed by atoms with Gasteiger partial charge >= 0.3 is 0 Å². The molecule has 0 aliphatic heterocycles. The van der Waals surface area contributed by atoms with Crippen LogP contribution < -0.4 is 0 Å². The van der Waals surface area contributed by atoms with Crippen molar-refractivity contribution in [1.29, 1.82) is 0 Å². The smallest absolute Gasteiger partial charge is 0.183 e. The van der Waals surface area contributed by atoms with Crippen LogP contribution in [-0.4, -0.2) is 36.9 Å². The Morgan fingerprint density at radius 1 is 1.47 bits per heavy atom. The Morgan fingerprint density at radius 3 is 2.59 bits per heavy atom. The minimum Gasteiger partial charge on any atom is -0.395 e. The normalized spacial score (nSPS) is 13.4. The lowest BCUT2D eigenvalue weighted by Crippen LogP contribution is -2.35. The van der Waals surface area contributed by atoms with Crippen molar-refractivity contribution in [2.24, 2.45) is 0 Å². The lowest BCUT2D eigenvalue weighted by atomic mass is 10.1. The number of rotatable bonds is 5. The average molecular weight is 277 g/mol. The van der Waals surface area contributed by atoms with Crippen LogP contribution in [0.2, 0.25) is 5.02 Å². The Balaban J connectivity index is 3.11. The van der Waals surface area contributed by atoms with E-state index in [0.29, 0.717) is 5.02 Å². The van der Waals surface area contributed by atoms with Gasteiger partial charge in [-0.05, 0) is 12.1 Å². The number of hydrogen-bond acceptors (Lipinski definition) is 4. The van der Waals surface area contributed by atoms with Crippen LogP contribution in [0, 0.1) is 0 Å². The molecule has 94 valence electrons. The van der Waals surface area contributed by atoms with Crippen molar-refractivity contribution >= 4 is 27.2 Å². The van der Waals surface area contributed by atoms with E-state index >= 15 is 0 Å². The van der Waals surface area contributed by atoms with Gasteiger partial charge in [0.25, 0.3) is 0 Å². The van der Waals surface area contributed by atoms with Crippen molar-refractivity contribution in [1.82, 2.24) is 0 Å². The van der Waals surface area contributed by atoms with Crippen LogP contribution in [0.4, 0.5) is 0 Å². The number of ketones is 1. The van der Waals surface area contributed by atoms with Crippen LogP contribution >= 0.6 is 11.6 Å². The first-order chi connectivity index (χ1) is 7.92. The molecule has 0 aliphatic carbocycles. The van der Waals surface area contributed by atoms with Crippen LogP contribution in [0.15, 0.2) is 24.3 Å². The predicted octanol–water partition coefficient (Wildman–Crippen LogP) is 1.32. The zero-order valence-electron chi connectivity index (χ0n) is 9.26. The third-order valence-corrected chi connectivity index (χ3v) is 4.67. The summed E-state index contributed by atoms with van der Waals surface area (Å²) < 4.78 is 23.2. The molecule has 0 saturated heterocycles. The lowest BCUT2D eigenvalue weighted by Gasteiger charge is -2.12. The number of aliphatic hydroxyl groups is 1. The number of sulfone groups is 1. The minimum absolute atomic E-state index is 0.188. The predicted molar refractivity (Wildman–Crippen MR) is 66.1 cm³/mol. The molecular weight excluding hydrogens is 264 g/mol. The number of hydrogen-bond donors (Lipinski definition) is 1. The maximum absolute atomic E-state index is 11.9. The molecule has 0 radical (unpaired) electrons. The highest BCUT2D eigenvalue weighted by molar-refractivity contribution is 7.92. The molecule has 1 N–H and O–H groups in total. The highest BCUT2D eigenvalue weighted by Crippen LogP contribution is 2.15. The van der Waals surface area contributed by atoms with Gasteiger partial charge in [0.2, 0.25) is 0 Å². The molecule has 4 nitrogen and oxygen atoms in total. The van der Waals surface area contributed by atoms with Crippen LogP contribution in [0.5, 0.6) is 0 Å². The van der Waals surface area contributed by atoms with Gasteiger partial charge in [-0.2, -0.15) is 0 Å². The van der Waals surface area contributed by atoms with E-state index in [1.54, 1.807) is 12.1 Å². The third kappa shape index (κ3) is 3.28. The first kappa shape index (κ1) is 14.2.